The van der Waals surface area contributed by atoms with Gasteiger partial charge in [-0.05, 0) is 54.7 Å². The van der Waals surface area contributed by atoms with Gasteiger partial charge in [-0.2, -0.15) is 0 Å². The predicted octanol–water partition coefficient (Wildman–Crippen LogP) is 4.53. The van der Waals surface area contributed by atoms with Gasteiger partial charge in [0.2, 0.25) is 0 Å². The fourth-order valence-electron chi connectivity index (χ4n) is 3.19. The van der Waals surface area contributed by atoms with Gasteiger partial charge >= 0.3 is 11.9 Å². The number of hydrogen-bond donors (Lipinski definition) is 2. The first-order chi connectivity index (χ1) is 13.4. The third-order valence-corrected chi connectivity index (χ3v) is 5.22. The van der Waals surface area contributed by atoms with E-state index in [1.54, 1.807) is 24.3 Å². The van der Waals surface area contributed by atoms with E-state index in [0.717, 1.165) is 4.47 Å². The maximum absolute atomic E-state index is 11.5. The van der Waals surface area contributed by atoms with Gasteiger partial charge in [0.25, 0.3) is 0 Å². The Morgan fingerprint density at radius 1 is 0.893 bits per heavy atom. The van der Waals surface area contributed by atoms with E-state index in [9.17, 15) is 9.59 Å². The first-order valence-corrected chi connectivity index (χ1v) is 9.77. The zero-order valence-electron chi connectivity index (χ0n) is 16.0. The first-order valence-electron chi connectivity index (χ1n) is 8.98. The molecule has 28 heavy (non-hydrogen) atoms. The van der Waals surface area contributed by atoms with Crippen molar-refractivity contribution < 1.29 is 19.1 Å². The van der Waals surface area contributed by atoms with E-state index >= 15 is 0 Å². The molecule has 0 radical (unpaired) electrons. The van der Waals surface area contributed by atoms with Crippen LogP contribution in [-0.4, -0.2) is 26.2 Å². The number of hydrogen-bond acceptors (Lipinski definition) is 6. The highest BCUT2D eigenvalue weighted by atomic mass is 79.9. The number of methoxy groups -OCH3 is 2. The largest absolute Gasteiger partial charge is 0.465 e. The number of esters is 2. The summed E-state index contributed by atoms with van der Waals surface area (Å²) in [7, 11) is 2.70. The second kappa shape index (κ2) is 10.1. The molecule has 1 aliphatic rings. The molecule has 0 unspecified atom stereocenters. The molecule has 150 valence electrons. The normalized spacial score (nSPS) is 13.4. The van der Waals surface area contributed by atoms with Crippen LogP contribution in [0.25, 0.3) is 0 Å². The number of halogens is 1. The molecule has 0 heterocycles. The quantitative estimate of drug-likeness (QED) is 0.527. The third-order valence-electron chi connectivity index (χ3n) is 4.73. The molecule has 0 aliphatic heterocycles. The van der Waals surface area contributed by atoms with Gasteiger partial charge in [0.05, 0.1) is 25.3 Å². The van der Waals surface area contributed by atoms with Gasteiger partial charge in [0.15, 0.2) is 0 Å². The van der Waals surface area contributed by atoms with Gasteiger partial charge in [-0.1, -0.05) is 34.8 Å². The van der Waals surface area contributed by atoms with Crippen molar-refractivity contribution in [2.45, 2.75) is 31.6 Å². The lowest BCUT2D eigenvalue weighted by molar-refractivity contribution is 0.0593. The van der Waals surface area contributed by atoms with Crippen LogP contribution < -0.4 is 11.5 Å². The maximum atomic E-state index is 11.5. The van der Waals surface area contributed by atoms with E-state index in [0.29, 0.717) is 28.4 Å². The zero-order valence-corrected chi connectivity index (χ0v) is 17.6. The van der Waals surface area contributed by atoms with E-state index in [-0.39, 0.29) is 5.97 Å². The van der Waals surface area contributed by atoms with Crippen molar-refractivity contribution in [3.05, 3.63) is 57.6 Å². The Bertz CT molecular complexity index is 848. The molecule has 1 fully saturated rings. The summed E-state index contributed by atoms with van der Waals surface area (Å²) in [5.41, 5.74) is 14.3. The fraction of sp³-hybridized carbons (Fsp3) is 0.333. The Morgan fingerprint density at radius 3 is 1.93 bits per heavy atom. The monoisotopic (exact) mass is 448 g/mol. The smallest absolute Gasteiger partial charge is 0.339 e. The van der Waals surface area contributed by atoms with Crippen LogP contribution in [0, 0.1) is 0 Å². The van der Waals surface area contributed by atoms with Gasteiger partial charge in [-0.25, -0.2) is 9.59 Å². The fourth-order valence-corrected chi connectivity index (χ4v) is 3.55. The molecule has 0 atom stereocenters. The maximum Gasteiger partial charge on any atom is 0.339 e. The molecule has 2 aromatic rings. The predicted molar refractivity (Wildman–Crippen MR) is 113 cm³/mol. The lowest BCUT2D eigenvalue weighted by atomic mass is 9.95. The summed E-state index contributed by atoms with van der Waals surface area (Å²) in [6.45, 7) is 0. The average molecular weight is 449 g/mol. The molecular weight excluding hydrogens is 424 g/mol. The highest BCUT2D eigenvalue weighted by Crippen LogP contribution is 2.35. The number of carbonyl (C=O) groups excluding carboxylic acids is 2. The highest BCUT2D eigenvalue weighted by Gasteiger charge is 2.19. The van der Waals surface area contributed by atoms with Crippen LogP contribution in [0.4, 0.5) is 11.4 Å². The SMILES string of the molecule is COC(=O)c1cc(Br)ccc1N.COC(=O)c1cc(C2CCCC2)ccc1N. The zero-order chi connectivity index (χ0) is 20.7. The number of ether oxygens (including phenoxy) is 2. The van der Waals surface area contributed by atoms with Crippen molar-refractivity contribution in [1.29, 1.82) is 0 Å². The summed E-state index contributed by atoms with van der Waals surface area (Å²) in [6, 6.07) is 10.8. The summed E-state index contributed by atoms with van der Waals surface area (Å²) in [5, 5.41) is 0. The molecule has 2 aromatic carbocycles. The Balaban J connectivity index is 0.000000209. The van der Waals surface area contributed by atoms with Crippen LogP contribution in [0.15, 0.2) is 40.9 Å². The highest BCUT2D eigenvalue weighted by molar-refractivity contribution is 9.10. The van der Waals surface area contributed by atoms with Crippen LogP contribution in [0.3, 0.4) is 0 Å². The molecule has 0 saturated heterocycles. The molecule has 6 nitrogen and oxygen atoms in total. The van der Waals surface area contributed by atoms with E-state index in [1.165, 1.54) is 45.5 Å². The molecular formula is C21H25BrN2O4. The van der Waals surface area contributed by atoms with Crippen LogP contribution >= 0.6 is 15.9 Å². The Hall–Kier alpha value is -2.54. The number of nitrogens with two attached hydrogens (primary N) is 2. The molecule has 0 spiro atoms. The number of carbonyl (C=O) groups is 2. The molecule has 4 N–H and O–H groups in total. The lowest BCUT2D eigenvalue weighted by Gasteiger charge is -2.12. The van der Waals surface area contributed by atoms with E-state index in [4.69, 9.17) is 16.2 Å². The Labute approximate surface area is 173 Å². The summed E-state index contributed by atoms with van der Waals surface area (Å²) in [6.07, 6.45) is 4.99. The molecule has 0 bridgehead atoms. The van der Waals surface area contributed by atoms with E-state index in [1.807, 2.05) is 12.1 Å². The minimum absolute atomic E-state index is 0.350. The molecule has 0 amide bonds. The summed E-state index contributed by atoms with van der Waals surface area (Å²) in [5.74, 6) is -0.185. The number of rotatable bonds is 3. The van der Waals surface area contributed by atoms with Crippen molar-refractivity contribution >= 4 is 39.2 Å². The third kappa shape index (κ3) is 5.48. The van der Waals surface area contributed by atoms with E-state index in [2.05, 4.69) is 20.7 Å². The van der Waals surface area contributed by atoms with Crippen molar-refractivity contribution in [3.8, 4) is 0 Å². The summed E-state index contributed by atoms with van der Waals surface area (Å²) in [4.78, 5) is 22.6. The summed E-state index contributed by atoms with van der Waals surface area (Å²) < 4.78 is 10.1. The minimum Gasteiger partial charge on any atom is -0.465 e. The number of benzene rings is 2. The van der Waals surface area contributed by atoms with Crippen LogP contribution in [0.1, 0.15) is 57.9 Å². The molecule has 1 aliphatic carbocycles. The second-order valence-corrected chi connectivity index (χ2v) is 7.46. The van der Waals surface area contributed by atoms with Crippen molar-refractivity contribution in [3.63, 3.8) is 0 Å². The van der Waals surface area contributed by atoms with Gasteiger partial charge < -0.3 is 20.9 Å². The Morgan fingerprint density at radius 2 is 1.39 bits per heavy atom. The van der Waals surface area contributed by atoms with Gasteiger partial charge in [0.1, 0.15) is 0 Å². The van der Waals surface area contributed by atoms with Gasteiger partial charge in [-0.3, -0.25) is 0 Å². The standard InChI is InChI=1S/C13H17NO2.C8H8BrNO2/c1-16-13(15)11-8-10(6-7-12(11)14)9-4-2-3-5-9;1-12-8(11)6-4-5(9)2-3-7(6)10/h6-9H,2-5,14H2,1H3;2-4H,10H2,1H3. The van der Waals surface area contributed by atoms with Crippen molar-refractivity contribution in [2.24, 2.45) is 0 Å². The first kappa shape index (κ1) is 21.8. The average Bonchev–Trinajstić information content (AvgIpc) is 3.24. The van der Waals surface area contributed by atoms with Crippen LogP contribution in [0.2, 0.25) is 0 Å². The topological polar surface area (TPSA) is 105 Å². The van der Waals surface area contributed by atoms with E-state index < -0.39 is 5.97 Å². The molecule has 3 rings (SSSR count). The minimum atomic E-state index is -0.422. The van der Waals surface area contributed by atoms with Crippen molar-refractivity contribution in [2.75, 3.05) is 25.7 Å². The van der Waals surface area contributed by atoms with Crippen LogP contribution in [0.5, 0.6) is 0 Å². The van der Waals surface area contributed by atoms with Crippen molar-refractivity contribution in [1.82, 2.24) is 0 Å². The Kier molecular flexibility index (Phi) is 7.87. The number of anilines is 2. The van der Waals surface area contributed by atoms with Gasteiger partial charge in [0, 0.05) is 15.8 Å². The van der Waals surface area contributed by atoms with Crippen LogP contribution in [-0.2, 0) is 9.47 Å². The molecule has 1 saturated carbocycles. The second-order valence-electron chi connectivity index (χ2n) is 6.54. The number of nitrogen functional groups attached to an aromatic ring is 2. The van der Waals surface area contributed by atoms with Gasteiger partial charge in [-0.15, -0.1) is 0 Å². The summed E-state index contributed by atoms with van der Waals surface area (Å²) >= 11 is 3.23. The molecule has 0 aromatic heterocycles. The molecule has 7 heteroatoms. The lowest BCUT2D eigenvalue weighted by Crippen LogP contribution is -2.07.